The fraction of sp³-hybridized carbons (Fsp3) is 0.500. The summed E-state index contributed by atoms with van der Waals surface area (Å²) in [5.74, 6) is -0.101. The zero-order valence-electron chi connectivity index (χ0n) is 6.57. The first-order chi connectivity index (χ1) is 5.76. The molecule has 0 aliphatic rings. The minimum Gasteiger partial charge on any atom is -0.389 e. The molecule has 1 aromatic rings. The maximum atomic E-state index is 10.8. The smallest absolute Gasteiger partial charge is 0.225 e. The van der Waals surface area contributed by atoms with E-state index in [9.17, 15) is 4.79 Å². The number of carbonyl (C=O) groups excluding carboxylic acids is 1. The van der Waals surface area contributed by atoms with Crippen molar-refractivity contribution in [1.29, 1.82) is 0 Å². The molecule has 66 valence electrons. The van der Waals surface area contributed by atoms with Crippen LogP contribution in [0.25, 0.3) is 0 Å². The van der Waals surface area contributed by atoms with Gasteiger partial charge >= 0.3 is 0 Å². The second-order valence-electron chi connectivity index (χ2n) is 2.06. The molecule has 1 heterocycles. The topological polar surface area (TPSA) is 75.1 Å². The van der Waals surface area contributed by atoms with Gasteiger partial charge in [0.05, 0.1) is 6.61 Å². The van der Waals surface area contributed by atoms with Crippen molar-refractivity contribution in [2.75, 3.05) is 5.32 Å². The summed E-state index contributed by atoms with van der Waals surface area (Å²) in [6.45, 7) is 1.61. The van der Waals surface area contributed by atoms with Crippen LogP contribution in [-0.4, -0.2) is 21.2 Å². The van der Waals surface area contributed by atoms with E-state index in [4.69, 9.17) is 5.11 Å². The highest BCUT2D eigenvalue weighted by Crippen LogP contribution is 2.14. The summed E-state index contributed by atoms with van der Waals surface area (Å²) >= 11 is 1.17. The van der Waals surface area contributed by atoms with Crippen LogP contribution in [0.5, 0.6) is 0 Å². The monoisotopic (exact) mass is 187 g/mol. The van der Waals surface area contributed by atoms with E-state index in [0.717, 1.165) is 0 Å². The summed E-state index contributed by atoms with van der Waals surface area (Å²) in [5, 5.41) is 19.4. The molecule has 1 amide bonds. The van der Waals surface area contributed by atoms with Crippen LogP contribution in [-0.2, 0) is 11.4 Å². The van der Waals surface area contributed by atoms with Crippen molar-refractivity contribution in [3.63, 3.8) is 0 Å². The third-order valence-corrected chi connectivity index (χ3v) is 1.99. The molecular formula is C6H9N3O2S. The molecule has 0 aromatic carbocycles. The number of aromatic nitrogens is 2. The van der Waals surface area contributed by atoms with E-state index >= 15 is 0 Å². The average Bonchev–Trinajstić information content (AvgIpc) is 2.52. The van der Waals surface area contributed by atoms with Gasteiger partial charge < -0.3 is 10.4 Å². The van der Waals surface area contributed by atoms with E-state index in [2.05, 4.69) is 15.5 Å². The van der Waals surface area contributed by atoms with Crippen LogP contribution in [0.1, 0.15) is 18.4 Å². The molecule has 0 unspecified atom stereocenters. The van der Waals surface area contributed by atoms with E-state index in [1.807, 2.05) is 0 Å². The Kier molecular flexibility index (Phi) is 3.12. The quantitative estimate of drug-likeness (QED) is 0.717. The summed E-state index contributed by atoms with van der Waals surface area (Å²) in [6, 6.07) is 0. The van der Waals surface area contributed by atoms with Crippen molar-refractivity contribution in [2.45, 2.75) is 20.0 Å². The van der Waals surface area contributed by atoms with Crippen molar-refractivity contribution in [2.24, 2.45) is 0 Å². The normalized spacial score (nSPS) is 9.83. The van der Waals surface area contributed by atoms with Crippen LogP contribution in [0.4, 0.5) is 5.13 Å². The number of nitrogens with zero attached hydrogens (tertiary/aromatic N) is 2. The Hall–Kier alpha value is -1.01. The molecule has 0 fully saturated rings. The Morgan fingerprint density at radius 3 is 2.92 bits per heavy atom. The Labute approximate surface area is 73.4 Å². The Bertz CT molecular complexity index is 274. The first-order valence-corrected chi connectivity index (χ1v) is 4.31. The molecule has 0 bridgehead atoms. The summed E-state index contributed by atoms with van der Waals surface area (Å²) < 4.78 is 0. The highest BCUT2D eigenvalue weighted by atomic mass is 32.1. The van der Waals surface area contributed by atoms with Gasteiger partial charge in [0, 0.05) is 6.42 Å². The Morgan fingerprint density at radius 2 is 2.42 bits per heavy atom. The molecule has 0 aliphatic heterocycles. The predicted molar refractivity (Wildman–Crippen MR) is 44.8 cm³/mol. The number of anilines is 1. The van der Waals surface area contributed by atoms with E-state index < -0.39 is 0 Å². The van der Waals surface area contributed by atoms with Crippen LogP contribution < -0.4 is 5.32 Å². The number of hydrogen-bond donors (Lipinski definition) is 2. The largest absolute Gasteiger partial charge is 0.389 e. The van der Waals surface area contributed by atoms with Crippen LogP contribution >= 0.6 is 11.3 Å². The zero-order chi connectivity index (χ0) is 8.97. The van der Waals surface area contributed by atoms with Gasteiger partial charge in [-0.05, 0) is 0 Å². The number of hydrogen-bond acceptors (Lipinski definition) is 5. The van der Waals surface area contributed by atoms with Crippen molar-refractivity contribution in [3.05, 3.63) is 5.01 Å². The van der Waals surface area contributed by atoms with Gasteiger partial charge in [-0.3, -0.25) is 4.79 Å². The fourth-order valence-corrected chi connectivity index (χ4v) is 1.19. The summed E-state index contributed by atoms with van der Waals surface area (Å²) in [6.07, 6.45) is 0.411. The highest BCUT2D eigenvalue weighted by Gasteiger charge is 2.04. The van der Waals surface area contributed by atoms with Crippen LogP contribution in [0.15, 0.2) is 0 Å². The van der Waals surface area contributed by atoms with Gasteiger partial charge in [0.1, 0.15) is 5.01 Å². The third kappa shape index (κ3) is 2.24. The third-order valence-electron chi connectivity index (χ3n) is 1.17. The number of rotatable bonds is 3. The van der Waals surface area contributed by atoms with Crippen LogP contribution in [0, 0.1) is 0 Å². The average molecular weight is 187 g/mol. The number of aliphatic hydroxyl groups excluding tert-OH is 1. The molecule has 1 aromatic heterocycles. The lowest BCUT2D eigenvalue weighted by molar-refractivity contribution is -0.115. The van der Waals surface area contributed by atoms with Gasteiger partial charge in [0.2, 0.25) is 11.0 Å². The Balaban J connectivity index is 2.58. The van der Waals surface area contributed by atoms with Crippen molar-refractivity contribution < 1.29 is 9.90 Å². The van der Waals surface area contributed by atoms with Gasteiger partial charge in [-0.1, -0.05) is 18.3 Å². The van der Waals surface area contributed by atoms with E-state index in [0.29, 0.717) is 16.6 Å². The zero-order valence-corrected chi connectivity index (χ0v) is 7.39. The second kappa shape index (κ2) is 4.13. The molecular weight excluding hydrogens is 178 g/mol. The molecule has 6 heteroatoms. The van der Waals surface area contributed by atoms with Crippen molar-refractivity contribution in [1.82, 2.24) is 10.2 Å². The minimum absolute atomic E-state index is 0.101. The van der Waals surface area contributed by atoms with E-state index in [1.165, 1.54) is 11.3 Å². The number of carbonyl (C=O) groups is 1. The van der Waals surface area contributed by atoms with Gasteiger partial charge in [-0.25, -0.2) is 0 Å². The highest BCUT2D eigenvalue weighted by molar-refractivity contribution is 7.15. The van der Waals surface area contributed by atoms with Crippen molar-refractivity contribution >= 4 is 22.4 Å². The minimum atomic E-state index is -0.139. The predicted octanol–water partition coefficient (Wildman–Crippen LogP) is 0.379. The van der Waals surface area contributed by atoms with E-state index in [1.54, 1.807) is 6.92 Å². The maximum Gasteiger partial charge on any atom is 0.225 e. The first-order valence-electron chi connectivity index (χ1n) is 3.49. The Morgan fingerprint density at radius 1 is 1.67 bits per heavy atom. The summed E-state index contributed by atoms with van der Waals surface area (Å²) in [4.78, 5) is 10.8. The molecule has 0 aliphatic carbocycles. The summed E-state index contributed by atoms with van der Waals surface area (Å²) in [5.41, 5.74) is 0. The number of amides is 1. The molecule has 0 saturated heterocycles. The molecule has 5 nitrogen and oxygen atoms in total. The van der Waals surface area contributed by atoms with E-state index in [-0.39, 0.29) is 12.5 Å². The van der Waals surface area contributed by atoms with Gasteiger partial charge in [0.15, 0.2) is 0 Å². The molecule has 2 N–H and O–H groups in total. The first kappa shape index (κ1) is 9.08. The van der Waals surface area contributed by atoms with Crippen LogP contribution in [0.2, 0.25) is 0 Å². The maximum absolute atomic E-state index is 10.8. The number of aliphatic hydroxyl groups is 1. The summed E-state index contributed by atoms with van der Waals surface area (Å²) in [7, 11) is 0. The van der Waals surface area contributed by atoms with Gasteiger partial charge in [-0.15, -0.1) is 10.2 Å². The molecule has 12 heavy (non-hydrogen) atoms. The number of nitrogens with one attached hydrogen (secondary N) is 1. The van der Waals surface area contributed by atoms with Gasteiger partial charge in [0.25, 0.3) is 0 Å². The molecule has 0 radical (unpaired) electrons. The second-order valence-corrected chi connectivity index (χ2v) is 3.12. The van der Waals surface area contributed by atoms with Gasteiger partial charge in [-0.2, -0.15) is 0 Å². The standard InChI is InChI=1S/C6H9N3O2S/c1-2-4(11)7-6-9-8-5(3-10)12-6/h10H,2-3H2,1H3,(H,7,9,11). The molecule has 1 rings (SSSR count). The lowest BCUT2D eigenvalue weighted by atomic mass is 10.5. The lowest BCUT2D eigenvalue weighted by Crippen LogP contribution is -2.08. The van der Waals surface area contributed by atoms with Crippen molar-refractivity contribution in [3.8, 4) is 0 Å². The molecule has 0 spiro atoms. The van der Waals surface area contributed by atoms with Crippen LogP contribution in [0.3, 0.4) is 0 Å². The fourth-order valence-electron chi connectivity index (χ4n) is 0.576. The lowest BCUT2D eigenvalue weighted by Gasteiger charge is -1.94. The SMILES string of the molecule is CCC(=O)Nc1nnc(CO)s1. The molecule has 0 atom stereocenters. The molecule has 0 saturated carbocycles.